The monoisotopic (exact) mass is 167 g/mol. The van der Waals surface area contributed by atoms with Crippen molar-refractivity contribution in [2.24, 2.45) is 9.78 Å². The van der Waals surface area contributed by atoms with Gasteiger partial charge in [0, 0.05) is 0 Å². The molecule has 11 heavy (non-hydrogen) atoms. The molecule has 0 fully saturated rings. The zero-order valence-corrected chi connectivity index (χ0v) is 7.82. The lowest BCUT2D eigenvalue weighted by Crippen LogP contribution is -2.17. The molecule has 2 rings (SSSR count). The van der Waals surface area contributed by atoms with Crippen LogP contribution in [0.2, 0.25) is 0 Å². The molecule has 0 saturated carbocycles. The third-order valence-corrected chi connectivity index (χ3v) is 3.51. The van der Waals surface area contributed by atoms with Gasteiger partial charge in [-0.1, -0.05) is 19.1 Å². The minimum Gasteiger partial charge on any atom is -0.215 e. The van der Waals surface area contributed by atoms with Crippen LogP contribution in [0.1, 0.15) is 19.8 Å². The van der Waals surface area contributed by atoms with Gasteiger partial charge in [0.2, 0.25) is 0 Å². The Hall–Kier alpha value is -0.370. The highest BCUT2D eigenvalue weighted by molar-refractivity contribution is 7.96. The molecule has 1 nitrogen and oxygen atoms in total. The summed E-state index contributed by atoms with van der Waals surface area (Å²) in [7, 11) is 0.301. The zero-order valence-electron chi connectivity index (χ0n) is 7.00. The maximum Gasteiger partial charge on any atom is 0.111 e. The number of hydrogen-bond acceptors (Lipinski definition) is 1. The maximum absolute atomic E-state index is 4.28. The molecule has 0 aromatic rings. The van der Waals surface area contributed by atoms with Gasteiger partial charge in [-0.2, -0.15) is 0 Å². The first-order chi connectivity index (χ1) is 5.20. The van der Waals surface area contributed by atoms with Gasteiger partial charge in [0.1, 0.15) is 5.03 Å². The van der Waals surface area contributed by atoms with Crippen molar-refractivity contribution in [1.29, 1.82) is 0 Å². The van der Waals surface area contributed by atoms with E-state index in [-0.39, 0.29) is 0 Å². The van der Waals surface area contributed by atoms with E-state index in [4.69, 9.17) is 0 Å². The van der Waals surface area contributed by atoms with Gasteiger partial charge in [-0.25, -0.2) is 4.36 Å². The van der Waals surface area contributed by atoms with Gasteiger partial charge in [-0.05, 0) is 41.3 Å². The van der Waals surface area contributed by atoms with Crippen LogP contribution >= 0.6 is 0 Å². The van der Waals surface area contributed by atoms with Crippen molar-refractivity contribution in [3.8, 4) is 0 Å². The first-order valence-electron chi connectivity index (χ1n) is 3.95. The van der Waals surface area contributed by atoms with Gasteiger partial charge < -0.3 is 0 Å². The van der Waals surface area contributed by atoms with Crippen LogP contribution in [0, 0.1) is 5.41 Å². The van der Waals surface area contributed by atoms with Crippen LogP contribution in [0.4, 0.5) is 0 Å². The molecule has 0 saturated heterocycles. The molecule has 1 aliphatic carbocycles. The maximum atomic E-state index is 4.28. The normalized spacial score (nSPS) is 43.5. The molecule has 2 unspecified atom stereocenters. The zero-order chi connectivity index (χ0) is 7.90. The van der Waals surface area contributed by atoms with E-state index >= 15 is 0 Å². The van der Waals surface area contributed by atoms with E-state index < -0.39 is 0 Å². The second-order valence-electron chi connectivity index (χ2n) is 3.58. The molecule has 0 radical (unpaired) electrons. The Morgan fingerprint density at radius 1 is 1.82 bits per heavy atom. The first-order valence-corrected chi connectivity index (χ1v) is 5.54. The lowest BCUT2D eigenvalue weighted by molar-refractivity contribution is 0.398. The molecule has 2 heteroatoms. The molecule has 0 bridgehead atoms. The number of rotatable bonds is 2. The highest BCUT2D eigenvalue weighted by Crippen LogP contribution is 2.37. The van der Waals surface area contributed by atoms with Gasteiger partial charge in [-0.15, -0.1) is 0 Å². The second-order valence-corrected chi connectivity index (χ2v) is 5.13. The van der Waals surface area contributed by atoms with E-state index in [1.54, 1.807) is 0 Å². The minimum absolute atomic E-state index is 0.301. The van der Waals surface area contributed by atoms with Crippen molar-refractivity contribution < 1.29 is 0 Å². The van der Waals surface area contributed by atoms with E-state index in [0.29, 0.717) is 16.1 Å². The summed E-state index contributed by atoms with van der Waals surface area (Å²) in [5.74, 6) is 0. The Labute approximate surface area is 70.3 Å². The van der Waals surface area contributed by atoms with Gasteiger partial charge in [-0.3, -0.25) is 0 Å². The van der Waals surface area contributed by atoms with Crippen molar-refractivity contribution >= 4 is 10.7 Å². The minimum atomic E-state index is 0.301. The summed E-state index contributed by atoms with van der Waals surface area (Å²) in [4.78, 5) is 0. The van der Waals surface area contributed by atoms with E-state index in [1.807, 2.05) is 0 Å². The Morgan fingerprint density at radius 3 is 2.82 bits per heavy atom. The number of allylic oxidation sites excluding steroid dienone is 3. The standard InChI is InChI=1S/C9H13NS/c1-9(5-3-6-9)7-4-8-10-11(8)2/h3-5H,6-7H2,1-2H3/b8-4+. The van der Waals surface area contributed by atoms with Gasteiger partial charge >= 0.3 is 0 Å². The van der Waals surface area contributed by atoms with Crippen molar-refractivity contribution in [2.75, 3.05) is 6.26 Å². The topological polar surface area (TPSA) is 12.4 Å². The summed E-state index contributed by atoms with van der Waals surface area (Å²) in [5.41, 5.74) is 0.468. The molecule has 0 amide bonds. The predicted octanol–water partition coefficient (Wildman–Crippen LogP) is 2.63. The van der Waals surface area contributed by atoms with E-state index in [9.17, 15) is 0 Å². The average molecular weight is 167 g/mol. The molecule has 1 heterocycles. The second kappa shape index (κ2) is 2.31. The summed E-state index contributed by atoms with van der Waals surface area (Å²) >= 11 is 0. The fourth-order valence-electron chi connectivity index (χ4n) is 1.27. The van der Waals surface area contributed by atoms with Crippen molar-refractivity contribution in [3.63, 3.8) is 0 Å². The van der Waals surface area contributed by atoms with Crippen molar-refractivity contribution in [1.82, 2.24) is 0 Å². The number of hydrogen-bond donors (Lipinski definition) is 0. The molecule has 2 aliphatic rings. The van der Waals surface area contributed by atoms with Crippen LogP contribution in [0.3, 0.4) is 0 Å². The first kappa shape index (κ1) is 7.29. The van der Waals surface area contributed by atoms with Gasteiger partial charge in [0.15, 0.2) is 0 Å². The smallest absolute Gasteiger partial charge is 0.111 e. The highest BCUT2D eigenvalue weighted by Gasteiger charge is 2.25. The SMILES string of the molecule is CS1=NC/1=C\CC1(C)C=CC1. The van der Waals surface area contributed by atoms with Crippen LogP contribution in [0.15, 0.2) is 27.6 Å². The fraction of sp³-hybridized carbons (Fsp3) is 0.556. The number of nitrogens with zero attached hydrogens (tertiary/aromatic N) is 1. The summed E-state index contributed by atoms with van der Waals surface area (Å²) in [6.45, 7) is 2.31. The molecule has 1 aliphatic heterocycles. The van der Waals surface area contributed by atoms with Crippen LogP contribution in [-0.2, 0) is 10.7 Å². The van der Waals surface area contributed by atoms with E-state index in [0.717, 1.165) is 0 Å². The Bertz CT molecular complexity index is 275. The third kappa shape index (κ3) is 1.45. The molecule has 60 valence electrons. The van der Waals surface area contributed by atoms with Crippen LogP contribution in [0.25, 0.3) is 0 Å². The summed E-state index contributed by atoms with van der Waals surface area (Å²) in [6, 6.07) is 0. The quantitative estimate of drug-likeness (QED) is 0.561. The van der Waals surface area contributed by atoms with Crippen molar-refractivity contribution in [2.45, 2.75) is 19.8 Å². The summed E-state index contributed by atoms with van der Waals surface area (Å²) in [6.07, 6.45) is 11.4. The van der Waals surface area contributed by atoms with E-state index in [2.05, 4.69) is 35.8 Å². The molecule has 2 atom stereocenters. The van der Waals surface area contributed by atoms with E-state index in [1.165, 1.54) is 17.9 Å². The predicted molar refractivity (Wildman–Crippen MR) is 50.3 cm³/mol. The molecule has 0 aromatic carbocycles. The summed E-state index contributed by atoms with van der Waals surface area (Å²) in [5, 5.41) is 1.34. The Balaban J connectivity index is 1.88. The van der Waals surface area contributed by atoms with Gasteiger partial charge in [0.05, 0.1) is 0 Å². The molecule has 0 N–H and O–H groups in total. The fourth-order valence-corrected chi connectivity index (χ4v) is 2.12. The van der Waals surface area contributed by atoms with Crippen molar-refractivity contribution in [3.05, 3.63) is 23.3 Å². The third-order valence-electron chi connectivity index (χ3n) is 2.34. The lowest BCUT2D eigenvalue weighted by atomic mass is 9.76. The average Bonchev–Trinajstić information content (AvgIpc) is 2.58. The van der Waals surface area contributed by atoms with Crippen LogP contribution in [-0.4, -0.2) is 6.26 Å². The highest BCUT2D eigenvalue weighted by atomic mass is 32.2. The van der Waals surface area contributed by atoms with Crippen LogP contribution in [0.5, 0.6) is 0 Å². The Kier molecular flexibility index (Phi) is 1.53. The molecular formula is C9H13NS. The Morgan fingerprint density at radius 2 is 2.45 bits per heavy atom. The molecular weight excluding hydrogens is 154 g/mol. The lowest BCUT2D eigenvalue weighted by Gasteiger charge is -2.29. The summed E-state index contributed by atoms with van der Waals surface area (Å²) < 4.78 is 4.28. The molecule has 0 aromatic heterocycles. The molecule has 0 spiro atoms. The van der Waals surface area contributed by atoms with Gasteiger partial charge in [0.25, 0.3) is 0 Å². The van der Waals surface area contributed by atoms with Crippen LogP contribution < -0.4 is 0 Å². The largest absolute Gasteiger partial charge is 0.215 e.